The Balaban J connectivity index is 0.00000323. The molecule has 0 bridgehead atoms. The largest absolute Gasteiger partial charge is 0.493 e. The maximum absolute atomic E-state index is 12.9. The van der Waals surface area contributed by atoms with Gasteiger partial charge in [-0.05, 0) is 42.3 Å². The van der Waals surface area contributed by atoms with E-state index in [1.165, 1.54) is 61.4 Å². The molecule has 0 unspecified atom stereocenters. The molecule has 1 aromatic heterocycles. The monoisotopic (exact) mass is 564 g/mol. The van der Waals surface area contributed by atoms with Gasteiger partial charge >= 0.3 is 5.97 Å². The van der Waals surface area contributed by atoms with Crippen molar-refractivity contribution in [2.24, 2.45) is 0 Å². The number of hydrogen-bond donors (Lipinski definition) is 0. The normalized spacial score (nSPS) is 13.2. The zero-order chi connectivity index (χ0) is 26.8. The van der Waals surface area contributed by atoms with Gasteiger partial charge < -0.3 is 18.9 Å². The topological polar surface area (TPSA) is 57.9 Å². The minimum absolute atomic E-state index is 0. The zero-order valence-corrected chi connectivity index (χ0v) is 24.4. The van der Waals surface area contributed by atoms with Gasteiger partial charge in [-0.3, -0.25) is 4.79 Å². The van der Waals surface area contributed by atoms with E-state index in [9.17, 15) is 4.79 Å². The third-order valence-corrected chi connectivity index (χ3v) is 8.26. The molecule has 0 spiro atoms. The number of esters is 1. The van der Waals surface area contributed by atoms with Gasteiger partial charge in [-0.1, -0.05) is 58.3 Å². The van der Waals surface area contributed by atoms with E-state index in [-0.39, 0.29) is 25.2 Å². The lowest BCUT2D eigenvalue weighted by molar-refractivity contribution is -0.670. The zero-order valence-electron chi connectivity index (χ0n) is 23.6. The highest BCUT2D eigenvalue weighted by atomic mass is 35.5. The minimum atomic E-state index is -0.198. The number of pyridine rings is 1. The number of rotatable bonds is 12. The molecule has 4 aromatic rings. The Labute approximate surface area is 242 Å². The predicted molar refractivity (Wildman–Crippen MR) is 160 cm³/mol. The van der Waals surface area contributed by atoms with Crippen LogP contribution in [0.15, 0.2) is 36.5 Å². The number of carbonyl (C=O) groups is 1. The molecule has 0 N–H and O–H groups in total. The second-order valence-electron chi connectivity index (χ2n) is 10.8. The van der Waals surface area contributed by atoms with Crippen molar-refractivity contribution in [3.8, 4) is 23.0 Å². The fraction of sp³-hybridized carbons (Fsp3) is 0.455. The Kier molecular flexibility index (Phi) is 8.84. The van der Waals surface area contributed by atoms with Crippen LogP contribution in [-0.4, -0.2) is 19.9 Å². The third-order valence-electron chi connectivity index (χ3n) is 8.26. The van der Waals surface area contributed by atoms with E-state index in [0.717, 1.165) is 58.9 Å². The molecule has 0 radical (unpaired) electrons. The summed E-state index contributed by atoms with van der Waals surface area (Å²) in [6.07, 6.45) is 14.4. The van der Waals surface area contributed by atoms with Gasteiger partial charge in [0.05, 0.1) is 23.3 Å². The van der Waals surface area contributed by atoms with Crippen molar-refractivity contribution in [3.63, 3.8) is 0 Å². The van der Waals surface area contributed by atoms with E-state index in [1.807, 2.05) is 6.07 Å². The summed E-state index contributed by atoms with van der Waals surface area (Å²) < 4.78 is 25.5. The summed E-state index contributed by atoms with van der Waals surface area (Å²) in [5, 5.41) is 5.36. The van der Waals surface area contributed by atoms with Crippen LogP contribution in [0, 0.1) is 0 Å². The smallest absolute Gasteiger partial charge is 0.311 e. The fourth-order valence-corrected chi connectivity index (χ4v) is 6.25. The van der Waals surface area contributed by atoms with E-state index < -0.39 is 0 Å². The maximum Gasteiger partial charge on any atom is 0.311 e. The molecular formula is C33H39ClNO5+. The molecule has 40 heavy (non-hydrogen) atoms. The molecular weight excluding hydrogens is 526 g/mol. The fourth-order valence-electron chi connectivity index (χ4n) is 6.25. The Morgan fingerprint density at radius 3 is 2.40 bits per heavy atom. The molecule has 2 aliphatic rings. The SMILES string of the molecule is CCCCCCCCCCCC(=O)Oc1c(OC)ccc2c1c[n+]1c3c2ccc2c4c(cc(c23)CC1)OCO4.Cl. The number of unbranched alkanes of at least 4 members (excludes halogenated alkanes) is 8. The number of nitrogens with zero attached hydrogens (tertiary/aromatic N) is 1. The highest BCUT2D eigenvalue weighted by Crippen LogP contribution is 2.46. The summed E-state index contributed by atoms with van der Waals surface area (Å²) in [7, 11) is 1.62. The highest BCUT2D eigenvalue weighted by Gasteiger charge is 2.30. The van der Waals surface area contributed by atoms with Gasteiger partial charge in [0, 0.05) is 23.6 Å². The Hall–Kier alpha value is -3.25. The molecule has 0 amide bonds. The molecule has 6 rings (SSSR count). The summed E-state index contributed by atoms with van der Waals surface area (Å²) in [5.74, 6) is 2.55. The quantitative estimate of drug-likeness (QED) is 0.0574. The minimum Gasteiger partial charge on any atom is -0.493 e. The van der Waals surface area contributed by atoms with E-state index in [4.69, 9.17) is 18.9 Å². The van der Waals surface area contributed by atoms with Crippen LogP contribution >= 0.6 is 12.4 Å². The summed E-state index contributed by atoms with van der Waals surface area (Å²) in [6, 6.07) is 10.4. The number of benzene rings is 3. The van der Waals surface area contributed by atoms with Gasteiger partial charge in [-0.2, -0.15) is 4.57 Å². The molecule has 3 heterocycles. The van der Waals surface area contributed by atoms with Crippen molar-refractivity contribution in [3.05, 3.63) is 42.1 Å². The number of halogens is 1. The van der Waals surface area contributed by atoms with Crippen LogP contribution in [-0.2, 0) is 17.8 Å². The maximum atomic E-state index is 12.9. The Morgan fingerprint density at radius 1 is 0.900 bits per heavy atom. The van der Waals surface area contributed by atoms with E-state index >= 15 is 0 Å². The van der Waals surface area contributed by atoms with Crippen molar-refractivity contribution < 1.29 is 28.3 Å². The molecule has 0 atom stereocenters. The first kappa shape index (κ1) is 28.3. The first-order chi connectivity index (χ1) is 19.2. The average Bonchev–Trinajstić information content (AvgIpc) is 3.43. The van der Waals surface area contributed by atoms with E-state index in [0.29, 0.717) is 17.9 Å². The number of hydrogen-bond acceptors (Lipinski definition) is 5. The van der Waals surface area contributed by atoms with Crippen LogP contribution in [0.1, 0.15) is 76.7 Å². The second-order valence-corrected chi connectivity index (χ2v) is 10.8. The van der Waals surface area contributed by atoms with Gasteiger partial charge in [0.1, 0.15) is 0 Å². The summed E-state index contributed by atoms with van der Waals surface area (Å²) >= 11 is 0. The van der Waals surface area contributed by atoms with Crippen molar-refractivity contribution in [1.29, 1.82) is 0 Å². The van der Waals surface area contributed by atoms with Gasteiger partial charge in [-0.15, -0.1) is 12.4 Å². The molecule has 212 valence electrons. The standard InChI is InChI=1S/C33H38NO5.ClH/c1-3-4-5-6-7-8-9-10-11-12-29(35)39-33-26-20-34-18-17-22-19-28-32(38-21-37-28)25-14-13-24(31(34)30(22)25)23(26)15-16-27(33)36-2;/h13-16,19-20H,3-12,17-18,21H2,1-2H3;1H/q+1;. The number of ether oxygens (including phenoxy) is 4. The lowest BCUT2D eigenvalue weighted by Gasteiger charge is -2.18. The first-order valence-corrected chi connectivity index (χ1v) is 14.6. The molecule has 6 nitrogen and oxygen atoms in total. The number of fused-ring (bicyclic) bond motifs is 4. The second kappa shape index (κ2) is 12.5. The highest BCUT2D eigenvalue weighted by molar-refractivity contribution is 6.17. The van der Waals surface area contributed by atoms with Gasteiger partial charge in [0.15, 0.2) is 35.7 Å². The first-order valence-electron chi connectivity index (χ1n) is 14.6. The molecule has 0 aliphatic carbocycles. The number of aryl methyl sites for hydroxylation is 2. The van der Waals surface area contributed by atoms with Crippen LogP contribution < -0.4 is 23.5 Å². The Bertz CT molecular complexity index is 1550. The summed E-state index contributed by atoms with van der Waals surface area (Å²) in [5.41, 5.74) is 2.46. The van der Waals surface area contributed by atoms with Crippen LogP contribution in [0.5, 0.6) is 23.0 Å². The number of methoxy groups -OCH3 is 1. The van der Waals surface area contributed by atoms with Gasteiger partial charge in [-0.25, -0.2) is 0 Å². The van der Waals surface area contributed by atoms with Crippen molar-refractivity contribution in [2.45, 2.75) is 84.1 Å². The van der Waals surface area contributed by atoms with Crippen molar-refractivity contribution in [1.82, 2.24) is 0 Å². The number of carbonyl (C=O) groups excluding carboxylic acids is 1. The van der Waals surface area contributed by atoms with E-state index in [1.54, 1.807) is 7.11 Å². The van der Waals surface area contributed by atoms with Crippen LogP contribution in [0.2, 0.25) is 0 Å². The Morgan fingerprint density at radius 2 is 1.62 bits per heavy atom. The molecule has 3 aromatic carbocycles. The molecule has 0 saturated heterocycles. The lowest BCUT2D eigenvalue weighted by atomic mass is 9.93. The number of aromatic nitrogens is 1. The molecule has 2 aliphatic heterocycles. The lowest BCUT2D eigenvalue weighted by Crippen LogP contribution is -2.38. The average molecular weight is 565 g/mol. The molecule has 0 saturated carbocycles. The van der Waals surface area contributed by atoms with Crippen molar-refractivity contribution in [2.75, 3.05) is 13.9 Å². The molecule has 0 fully saturated rings. The molecule has 7 heteroatoms. The van der Waals surface area contributed by atoms with Crippen LogP contribution in [0.3, 0.4) is 0 Å². The predicted octanol–water partition coefficient (Wildman–Crippen LogP) is 7.98. The summed E-state index contributed by atoms with van der Waals surface area (Å²) in [4.78, 5) is 12.9. The van der Waals surface area contributed by atoms with Crippen LogP contribution in [0.4, 0.5) is 0 Å². The van der Waals surface area contributed by atoms with Crippen LogP contribution in [0.25, 0.3) is 32.4 Å². The van der Waals surface area contributed by atoms with E-state index in [2.05, 4.69) is 42.0 Å². The summed E-state index contributed by atoms with van der Waals surface area (Å²) in [6.45, 7) is 3.34. The van der Waals surface area contributed by atoms with Crippen molar-refractivity contribution >= 4 is 50.8 Å². The van der Waals surface area contributed by atoms with Gasteiger partial charge in [0.2, 0.25) is 12.3 Å². The third kappa shape index (κ3) is 5.26. The van der Waals surface area contributed by atoms with Gasteiger partial charge in [0.25, 0.3) is 0 Å².